The molecule has 0 amide bonds. The highest BCUT2D eigenvalue weighted by atomic mass is 17.2. The van der Waals surface area contributed by atoms with Gasteiger partial charge in [-0.25, -0.2) is 0 Å². The molecule has 0 aliphatic carbocycles. The molecule has 0 N–H and O–H groups in total. The van der Waals surface area contributed by atoms with E-state index in [1.54, 1.807) is 7.48 Å². The molecule has 0 saturated carbocycles. The van der Waals surface area contributed by atoms with Crippen molar-refractivity contribution in [1.29, 1.82) is 0 Å². The van der Waals surface area contributed by atoms with Crippen LogP contribution >= 0.6 is 0 Å². The quantitative estimate of drug-likeness (QED) is 0.544. The molecular formula is C14H28B3O6. The molecule has 1 radical (unpaired) electrons. The van der Waals surface area contributed by atoms with E-state index in [-0.39, 0.29) is 22.4 Å². The highest BCUT2D eigenvalue weighted by molar-refractivity contribution is 7.11. The molecular weight excluding hydrogens is 297 g/mol. The number of hydrogen-bond donors (Lipinski definition) is 0. The van der Waals surface area contributed by atoms with Crippen molar-refractivity contribution in [2.75, 3.05) is 6.61 Å². The third-order valence-electron chi connectivity index (χ3n) is 5.22. The van der Waals surface area contributed by atoms with Crippen LogP contribution in [0.15, 0.2) is 0 Å². The number of hydrogen-bond acceptors (Lipinski definition) is 6. The van der Waals surface area contributed by atoms with Gasteiger partial charge in [0.1, 0.15) is 0 Å². The van der Waals surface area contributed by atoms with Crippen LogP contribution < -0.4 is 0 Å². The lowest BCUT2D eigenvalue weighted by atomic mass is 9.49. The Balaban J connectivity index is 0.000000326. The molecule has 129 valence electrons. The summed E-state index contributed by atoms with van der Waals surface area (Å²) >= 11 is 0. The Morgan fingerprint density at radius 2 is 1.00 bits per heavy atom. The molecule has 0 aromatic heterocycles. The Hall–Kier alpha value is -0.0452. The van der Waals surface area contributed by atoms with Gasteiger partial charge in [-0.05, 0) is 61.7 Å². The van der Waals surface area contributed by atoms with Crippen molar-refractivity contribution in [3.05, 3.63) is 0 Å². The highest BCUT2D eigenvalue weighted by Gasteiger charge is 2.63. The second-order valence-corrected chi connectivity index (χ2v) is 8.12. The van der Waals surface area contributed by atoms with Crippen molar-refractivity contribution in [1.82, 2.24) is 0 Å². The minimum atomic E-state index is -0.476. The Labute approximate surface area is 141 Å². The predicted molar refractivity (Wildman–Crippen MR) is 89.8 cm³/mol. The van der Waals surface area contributed by atoms with Gasteiger partial charge in [0.15, 0.2) is 0 Å². The molecule has 3 saturated heterocycles. The van der Waals surface area contributed by atoms with E-state index in [9.17, 15) is 0 Å². The first-order chi connectivity index (χ1) is 10.4. The topological polar surface area (TPSA) is 55.4 Å². The van der Waals surface area contributed by atoms with Crippen molar-refractivity contribution in [3.8, 4) is 0 Å². The van der Waals surface area contributed by atoms with Gasteiger partial charge in [0, 0.05) is 0 Å². The predicted octanol–water partition coefficient (Wildman–Crippen LogP) is 2.23. The van der Waals surface area contributed by atoms with Gasteiger partial charge >= 0.3 is 21.5 Å². The lowest BCUT2D eigenvalue weighted by Gasteiger charge is -2.32. The van der Waals surface area contributed by atoms with Gasteiger partial charge in [-0.1, -0.05) is 0 Å². The summed E-state index contributed by atoms with van der Waals surface area (Å²) in [6, 6.07) is 0. The Morgan fingerprint density at radius 1 is 0.652 bits per heavy atom. The summed E-state index contributed by atoms with van der Waals surface area (Å²) in [5, 5.41) is 0. The van der Waals surface area contributed by atoms with Crippen LogP contribution in [0.1, 0.15) is 55.4 Å². The van der Waals surface area contributed by atoms with E-state index in [1.807, 2.05) is 55.4 Å². The van der Waals surface area contributed by atoms with E-state index in [4.69, 9.17) is 18.6 Å². The van der Waals surface area contributed by atoms with Crippen LogP contribution in [0.5, 0.6) is 0 Å². The van der Waals surface area contributed by atoms with Crippen LogP contribution in [0.3, 0.4) is 0 Å². The van der Waals surface area contributed by atoms with Crippen LogP contribution in [-0.4, -0.2) is 50.5 Å². The zero-order valence-corrected chi connectivity index (χ0v) is 15.6. The summed E-state index contributed by atoms with van der Waals surface area (Å²) in [5.74, 6) is 0. The maximum atomic E-state index is 5.96. The van der Waals surface area contributed by atoms with Crippen molar-refractivity contribution in [2.45, 2.75) is 84.1 Å². The monoisotopic (exact) mass is 325 g/mol. The van der Waals surface area contributed by atoms with Crippen molar-refractivity contribution in [3.63, 3.8) is 0 Å². The van der Waals surface area contributed by atoms with Crippen LogP contribution in [0.2, 0.25) is 6.32 Å². The molecule has 3 aliphatic rings. The second-order valence-electron chi connectivity index (χ2n) is 8.12. The lowest BCUT2D eigenvalue weighted by Crippen LogP contribution is -2.41. The fourth-order valence-corrected chi connectivity index (χ4v) is 2.24. The molecule has 0 bridgehead atoms. The third kappa shape index (κ3) is 3.97. The largest absolute Gasteiger partial charge is 0.488 e. The van der Waals surface area contributed by atoms with Crippen LogP contribution in [0.4, 0.5) is 0 Å². The smallest absolute Gasteiger partial charge is 0.405 e. The molecule has 23 heavy (non-hydrogen) atoms. The van der Waals surface area contributed by atoms with E-state index >= 15 is 0 Å². The summed E-state index contributed by atoms with van der Waals surface area (Å²) in [6.45, 7) is 16.9. The SMILES string of the molecule is CC1(C)OB(B2OC(C)(C)C(C)(C)O2)OC1(C)C.[B]1CCOO1. The van der Waals surface area contributed by atoms with Gasteiger partial charge in [-0.2, -0.15) is 0 Å². The summed E-state index contributed by atoms with van der Waals surface area (Å²) < 4.78 is 23.8. The minimum Gasteiger partial charge on any atom is -0.405 e. The van der Waals surface area contributed by atoms with Gasteiger partial charge < -0.3 is 23.4 Å². The Morgan fingerprint density at radius 3 is 1.17 bits per heavy atom. The maximum Gasteiger partial charge on any atom is 0.488 e. The molecule has 0 atom stereocenters. The molecule has 6 nitrogen and oxygen atoms in total. The van der Waals surface area contributed by atoms with Crippen molar-refractivity contribution in [2.24, 2.45) is 0 Å². The fraction of sp³-hybridized carbons (Fsp3) is 1.00. The molecule has 3 fully saturated rings. The third-order valence-corrected chi connectivity index (χ3v) is 5.22. The van der Waals surface area contributed by atoms with E-state index in [0.29, 0.717) is 0 Å². The van der Waals surface area contributed by atoms with E-state index in [0.717, 1.165) is 12.9 Å². The standard InChI is InChI=1S/C12H24B2O4.C2H4BO2/c1-9(2)10(3,4)16-13(15-9)14-17-11(5,6)12(7,8)18-14;1-2-4-5-3-1/h1-8H3;1-2H2. The summed E-state index contributed by atoms with van der Waals surface area (Å²) in [4.78, 5) is 8.71. The van der Waals surface area contributed by atoms with Gasteiger partial charge in [-0.3, -0.25) is 4.89 Å². The molecule has 0 aromatic carbocycles. The first kappa shape index (κ1) is 19.3. The molecule has 9 heteroatoms. The van der Waals surface area contributed by atoms with Crippen LogP contribution in [0, 0.1) is 0 Å². The summed E-state index contributed by atoms with van der Waals surface area (Å²) in [7, 11) is 0.687. The average molecular weight is 325 g/mol. The average Bonchev–Trinajstić information content (AvgIpc) is 3.03. The molecule has 3 heterocycles. The van der Waals surface area contributed by atoms with Gasteiger partial charge in [-0.15, -0.1) is 0 Å². The summed E-state index contributed by atoms with van der Waals surface area (Å²) in [6.07, 6.45) is 0.931. The Kier molecular flexibility index (Phi) is 5.33. The Bertz CT molecular complexity index is 349. The molecule has 0 spiro atoms. The molecule has 0 aromatic rings. The first-order valence-electron chi connectivity index (χ1n) is 8.19. The fourth-order valence-electron chi connectivity index (χ4n) is 2.24. The first-order valence-corrected chi connectivity index (χ1v) is 8.19. The van der Waals surface area contributed by atoms with Gasteiger partial charge in [0.2, 0.25) is 0 Å². The molecule has 3 rings (SSSR count). The van der Waals surface area contributed by atoms with Gasteiger partial charge in [0.25, 0.3) is 0 Å². The van der Waals surface area contributed by atoms with E-state index < -0.39 is 14.0 Å². The van der Waals surface area contributed by atoms with Crippen molar-refractivity contribution < 1.29 is 28.3 Å². The number of rotatable bonds is 1. The lowest BCUT2D eigenvalue weighted by molar-refractivity contribution is -0.181. The normalized spacial score (nSPS) is 29.9. The minimum absolute atomic E-state index is 0.360. The zero-order chi connectivity index (χ0) is 17.5. The molecule has 0 unspecified atom stereocenters. The van der Waals surface area contributed by atoms with Crippen LogP contribution in [0.25, 0.3) is 0 Å². The van der Waals surface area contributed by atoms with Crippen LogP contribution in [-0.2, 0) is 28.3 Å². The van der Waals surface area contributed by atoms with Crippen molar-refractivity contribution >= 4 is 21.5 Å². The van der Waals surface area contributed by atoms with Gasteiger partial charge in [0.05, 0.1) is 29.0 Å². The highest BCUT2D eigenvalue weighted by Crippen LogP contribution is 2.42. The second kappa shape index (κ2) is 6.35. The van der Waals surface area contributed by atoms with E-state index in [2.05, 4.69) is 9.69 Å². The maximum absolute atomic E-state index is 5.96. The molecule has 3 aliphatic heterocycles. The summed E-state index contributed by atoms with van der Waals surface area (Å²) in [5.41, 5.74) is -1.44. The zero-order valence-electron chi connectivity index (χ0n) is 15.6. The van der Waals surface area contributed by atoms with E-state index in [1.165, 1.54) is 0 Å².